The van der Waals surface area contributed by atoms with E-state index in [9.17, 15) is 4.39 Å². The van der Waals surface area contributed by atoms with Crippen LogP contribution in [-0.4, -0.2) is 4.98 Å². The monoisotopic (exact) mass is 294 g/mol. The van der Waals surface area contributed by atoms with Crippen LogP contribution >= 0.6 is 15.9 Å². The highest BCUT2D eigenvalue weighted by Gasteiger charge is 2.15. The minimum Gasteiger partial charge on any atom is -0.324 e. The molecule has 4 heteroatoms. The number of rotatable bonds is 3. The van der Waals surface area contributed by atoms with Gasteiger partial charge in [-0.25, -0.2) is 4.39 Å². The average molecular weight is 295 g/mol. The number of nitrogens with zero attached hydrogens (tertiary/aromatic N) is 1. The predicted octanol–water partition coefficient (Wildman–Crippen LogP) is 3.23. The molecule has 0 amide bonds. The van der Waals surface area contributed by atoms with Gasteiger partial charge in [-0.2, -0.15) is 0 Å². The summed E-state index contributed by atoms with van der Waals surface area (Å²) in [7, 11) is 0. The predicted molar refractivity (Wildman–Crippen MR) is 69.0 cm³/mol. The molecule has 17 heavy (non-hydrogen) atoms. The normalized spacial score (nSPS) is 12.4. The minimum atomic E-state index is -0.368. The third-order valence-corrected chi connectivity index (χ3v) is 3.27. The maximum atomic E-state index is 13.7. The molecular weight excluding hydrogens is 283 g/mol. The van der Waals surface area contributed by atoms with E-state index in [1.165, 1.54) is 6.07 Å². The van der Waals surface area contributed by atoms with Gasteiger partial charge in [-0.3, -0.25) is 4.98 Å². The Morgan fingerprint density at radius 2 is 1.94 bits per heavy atom. The fourth-order valence-corrected chi connectivity index (χ4v) is 2.38. The van der Waals surface area contributed by atoms with Gasteiger partial charge in [0.1, 0.15) is 5.82 Å². The highest BCUT2D eigenvalue weighted by molar-refractivity contribution is 9.10. The van der Waals surface area contributed by atoms with E-state index in [0.717, 1.165) is 5.56 Å². The first-order valence-corrected chi connectivity index (χ1v) is 6.06. The summed E-state index contributed by atoms with van der Waals surface area (Å²) in [5, 5.41) is 0. The topological polar surface area (TPSA) is 38.9 Å². The third-order valence-electron chi connectivity index (χ3n) is 2.58. The second kappa shape index (κ2) is 5.38. The van der Waals surface area contributed by atoms with Gasteiger partial charge in [0.25, 0.3) is 0 Å². The number of nitrogens with two attached hydrogens (primary N) is 1. The van der Waals surface area contributed by atoms with Crippen molar-refractivity contribution in [2.24, 2.45) is 5.73 Å². The van der Waals surface area contributed by atoms with Crippen LogP contribution in [0.3, 0.4) is 0 Å². The summed E-state index contributed by atoms with van der Waals surface area (Å²) >= 11 is 3.33. The van der Waals surface area contributed by atoms with Crippen LogP contribution in [0.4, 0.5) is 4.39 Å². The van der Waals surface area contributed by atoms with Gasteiger partial charge in [0.2, 0.25) is 0 Å². The Kier molecular flexibility index (Phi) is 3.86. The summed E-state index contributed by atoms with van der Waals surface area (Å²) < 4.78 is 14.4. The van der Waals surface area contributed by atoms with Crippen molar-refractivity contribution >= 4 is 15.9 Å². The van der Waals surface area contributed by atoms with Crippen LogP contribution in [0.15, 0.2) is 47.2 Å². The Balaban J connectivity index is 2.23. The number of pyridine rings is 1. The molecule has 0 aliphatic heterocycles. The lowest BCUT2D eigenvalue weighted by Gasteiger charge is -2.14. The SMILES string of the molecule is NC(Cc1ccncc1)c1c(F)cccc1Br. The number of hydrogen-bond donors (Lipinski definition) is 1. The molecule has 2 N–H and O–H groups in total. The maximum absolute atomic E-state index is 13.7. The van der Waals surface area contributed by atoms with Gasteiger partial charge >= 0.3 is 0 Å². The Hall–Kier alpha value is -1.26. The molecule has 0 radical (unpaired) electrons. The quantitative estimate of drug-likeness (QED) is 0.944. The Bertz CT molecular complexity index is 482. The van der Waals surface area contributed by atoms with E-state index >= 15 is 0 Å². The highest BCUT2D eigenvalue weighted by Crippen LogP contribution is 2.26. The average Bonchev–Trinajstić information content (AvgIpc) is 2.30. The lowest BCUT2D eigenvalue weighted by Crippen LogP contribution is -2.15. The standard InChI is InChI=1S/C13H12BrFN2/c14-10-2-1-3-11(15)13(10)12(16)8-9-4-6-17-7-5-9/h1-7,12H,8,16H2. The van der Waals surface area contributed by atoms with Crippen LogP contribution in [0.5, 0.6) is 0 Å². The van der Waals surface area contributed by atoms with E-state index in [4.69, 9.17) is 5.73 Å². The second-order valence-electron chi connectivity index (χ2n) is 3.80. The van der Waals surface area contributed by atoms with Gasteiger partial charge in [0.05, 0.1) is 0 Å². The van der Waals surface area contributed by atoms with Crippen molar-refractivity contribution in [1.29, 1.82) is 0 Å². The fourth-order valence-electron chi connectivity index (χ4n) is 1.74. The first-order chi connectivity index (χ1) is 8.18. The zero-order chi connectivity index (χ0) is 12.3. The number of hydrogen-bond acceptors (Lipinski definition) is 2. The summed E-state index contributed by atoms with van der Waals surface area (Å²) in [4.78, 5) is 3.94. The molecule has 2 nitrogen and oxygen atoms in total. The van der Waals surface area contributed by atoms with Crippen LogP contribution in [0.2, 0.25) is 0 Å². The second-order valence-corrected chi connectivity index (χ2v) is 4.66. The molecule has 1 unspecified atom stereocenters. The summed E-state index contributed by atoms with van der Waals surface area (Å²) in [5.41, 5.74) is 7.60. The molecule has 0 spiro atoms. The molecule has 1 aromatic carbocycles. The van der Waals surface area contributed by atoms with Gasteiger partial charge in [-0.1, -0.05) is 22.0 Å². The van der Waals surface area contributed by atoms with Crippen molar-refractivity contribution in [2.75, 3.05) is 0 Å². The molecule has 1 atom stereocenters. The van der Waals surface area contributed by atoms with Crippen LogP contribution in [0, 0.1) is 5.82 Å². The first kappa shape index (κ1) is 12.2. The van der Waals surface area contributed by atoms with Crippen molar-refractivity contribution in [3.8, 4) is 0 Å². The van der Waals surface area contributed by atoms with E-state index in [0.29, 0.717) is 16.5 Å². The van der Waals surface area contributed by atoms with E-state index in [2.05, 4.69) is 20.9 Å². The van der Waals surface area contributed by atoms with Crippen molar-refractivity contribution in [2.45, 2.75) is 12.5 Å². The summed E-state index contributed by atoms with van der Waals surface area (Å²) in [6, 6.07) is 8.27. The lowest BCUT2D eigenvalue weighted by molar-refractivity contribution is 0.578. The fraction of sp³-hybridized carbons (Fsp3) is 0.154. The number of benzene rings is 1. The zero-order valence-electron chi connectivity index (χ0n) is 9.11. The molecule has 1 aromatic heterocycles. The van der Waals surface area contributed by atoms with Gasteiger partial charge in [0, 0.05) is 28.5 Å². The summed E-state index contributed by atoms with van der Waals surface area (Å²) in [5.74, 6) is -0.277. The Morgan fingerprint density at radius 1 is 1.24 bits per heavy atom. The van der Waals surface area contributed by atoms with Gasteiger partial charge < -0.3 is 5.73 Å². The Labute approximate surface area is 108 Å². The number of halogens is 2. The van der Waals surface area contributed by atoms with Gasteiger partial charge in [0.15, 0.2) is 0 Å². The molecule has 2 rings (SSSR count). The third kappa shape index (κ3) is 2.90. The molecular formula is C13H12BrFN2. The maximum Gasteiger partial charge on any atom is 0.129 e. The van der Waals surface area contributed by atoms with Crippen LogP contribution < -0.4 is 5.73 Å². The molecule has 88 valence electrons. The lowest BCUT2D eigenvalue weighted by atomic mass is 10.00. The van der Waals surface area contributed by atoms with Crippen molar-refractivity contribution in [3.63, 3.8) is 0 Å². The molecule has 2 aromatic rings. The highest BCUT2D eigenvalue weighted by atomic mass is 79.9. The molecule has 0 saturated carbocycles. The first-order valence-electron chi connectivity index (χ1n) is 5.27. The molecule has 1 heterocycles. The minimum absolute atomic E-state index is 0.277. The largest absolute Gasteiger partial charge is 0.324 e. The van der Waals surface area contributed by atoms with E-state index in [1.807, 2.05) is 12.1 Å². The molecule has 0 aliphatic carbocycles. The van der Waals surface area contributed by atoms with E-state index in [-0.39, 0.29) is 11.9 Å². The van der Waals surface area contributed by atoms with Gasteiger partial charge in [-0.05, 0) is 36.2 Å². The van der Waals surface area contributed by atoms with E-state index < -0.39 is 0 Å². The van der Waals surface area contributed by atoms with Crippen LogP contribution in [0.25, 0.3) is 0 Å². The number of aromatic nitrogens is 1. The Morgan fingerprint density at radius 3 is 2.59 bits per heavy atom. The molecule has 0 bridgehead atoms. The summed E-state index contributed by atoms with van der Waals surface area (Å²) in [6.45, 7) is 0. The van der Waals surface area contributed by atoms with Crippen LogP contribution in [0.1, 0.15) is 17.2 Å². The molecule has 0 fully saturated rings. The molecule has 0 aliphatic rings. The zero-order valence-corrected chi connectivity index (χ0v) is 10.7. The van der Waals surface area contributed by atoms with Gasteiger partial charge in [-0.15, -0.1) is 0 Å². The van der Waals surface area contributed by atoms with E-state index in [1.54, 1.807) is 24.5 Å². The van der Waals surface area contributed by atoms with Crippen molar-refractivity contribution < 1.29 is 4.39 Å². The molecule has 0 saturated heterocycles. The smallest absolute Gasteiger partial charge is 0.129 e. The van der Waals surface area contributed by atoms with Crippen LogP contribution in [-0.2, 0) is 6.42 Å². The summed E-state index contributed by atoms with van der Waals surface area (Å²) in [6.07, 6.45) is 4.00. The van der Waals surface area contributed by atoms with Crippen molar-refractivity contribution in [1.82, 2.24) is 4.98 Å². The van der Waals surface area contributed by atoms with Crippen molar-refractivity contribution in [3.05, 3.63) is 64.1 Å².